The number of carboxylic acid groups (broad SMARTS) is 1. The number of benzene rings is 1. The minimum atomic E-state index is -0.949. The summed E-state index contributed by atoms with van der Waals surface area (Å²) in [6.07, 6.45) is 3.21. The third-order valence-corrected chi connectivity index (χ3v) is 3.64. The molecule has 0 spiro atoms. The molecule has 6 heteroatoms. The molecule has 3 rings (SSSR count). The van der Waals surface area contributed by atoms with Crippen LogP contribution in [-0.2, 0) is 0 Å². The van der Waals surface area contributed by atoms with Gasteiger partial charge in [0.1, 0.15) is 11.5 Å². The summed E-state index contributed by atoms with van der Waals surface area (Å²) in [7, 11) is 1.56. The first-order valence-electron chi connectivity index (χ1n) is 7.55. The Balaban J connectivity index is 1.80. The molecule has 0 saturated carbocycles. The number of furan rings is 1. The topological polar surface area (TPSA) is 84.9 Å². The zero-order chi connectivity index (χ0) is 17.8. The van der Waals surface area contributed by atoms with Crippen LogP contribution in [0.15, 0.2) is 58.1 Å². The van der Waals surface area contributed by atoms with Gasteiger partial charge in [-0.3, -0.25) is 4.99 Å². The van der Waals surface area contributed by atoms with Gasteiger partial charge in [-0.25, -0.2) is 9.78 Å². The zero-order valence-corrected chi connectivity index (χ0v) is 13.8. The van der Waals surface area contributed by atoms with Crippen LogP contribution in [0.1, 0.15) is 21.7 Å². The van der Waals surface area contributed by atoms with Crippen molar-refractivity contribution in [3.05, 3.63) is 65.5 Å². The third-order valence-electron chi connectivity index (χ3n) is 3.64. The summed E-state index contributed by atoms with van der Waals surface area (Å²) in [6, 6.07) is 12.1. The summed E-state index contributed by atoms with van der Waals surface area (Å²) < 4.78 is 10.8. The molecule has 0 aliphatic rings. The van der Waals surface area contributed by atoms with E-state index in [9.17, 15) is 4.79 Å². The van der Waals surface area contributed by atoms with Gasteiger partial charge >= 0.3 is 5.97 Å². The molecule has 0 fully saturated rings. The molecule has 2 aromatic heterocycles. The van der Waals surface area contributed by atoms with Gasteiger partial charge in [0.2, 0.25) is 5.88 Å². The molecule has 0 unspecified atom stereocenters. The Hall–Kier alpha value is -3.41. The van der Waals surface area contributed by atoms with E-state index in [2.05, 4.69) is 9.98 Å². The van der Waals surface area contributed by atoms with Crippen LogP contribution in [0.2, 0.25) is 0 Å². The predicted molar refractivity (Wildman–Crippen MR) is 93.9 cm³/mol. The number of rotatable bonds is 5. The lowest BCUT2D eigenvalue weighted by Crippen LogP contribution is -1.96. The number of ether oxygens (including phenoxy) is 1. The number of carboxylic acids is 1. The van der Waals surface area contributed by atoms with E-state index in [1.807, 2.05) is 13.0 Å². The van der Waals surface area contributed by atoms with Gasteiger partial charge < -0.3 is 14.3 Å². The second-order valence-electron chi connectivity index (χ2n) is 5.35. The van der Waals surface area contributed by atoms with Gasteiger partial charge in [-0.15, -0.1) is 0 Å². The van der Waals surface area contributed by atoms with Crippen LogP contribution < -0.4 is 4.74 Å². The van der Waals surface area contributed by atoms with E-state index >= 15 is 0 Å². The largest absolute Gasteiger partial charge is 0.481 e. The Morgan fingerprint density at radius 2 is 2.08 bits per heavy atom. The Morgan fingerprint density at radius 1 is 1.24 bits per heavy atom. The van der Waals surface area contributed by atoms with Crippen LogP contribution in [0.25, 0.3) is 11.3 Å². The average molecular weight is 336 g/mol. The lowest BCUT2D eigenvalue weighted by Gasteiger charge is -2.03. The molecule has 0 atom stereocenters. The number of aliphatic imine (C=N–C) groups is 1. The second-order valence-corrected chi connectivity index (χ2v) is 5.35. The first-order valence-corrected chi connectivity index (χ1v) is 7.55. The molecule has 0 bridgehead atoms. The van der Waals surface area contributed by atoms with Crippen LogP contribution >= 0.6 is 0 Å². The zero-order valence-electron chi connectivity index (χ0n) is 13.8. The highest BCUT2D eigenvalue weighted by Gasteiger charge is 2.10. The minimum Gasteiger partial charge on any atom is -0.481 e. The maximum Gasteiger partial charge on any atom is 0.335 e. The first kappa shape index (κ1) is 16.4. The van der Waals surface area contributed by atoms with E-state index in [4.69, 9.17) is 14.3 Å². The van der Waals surface area contributed by atoms with Crippen molar-refractivity contribution >= 4 is 17.9 Å². The number of hydrogen-bond donors (Lipinski definition) is 1. The van der Waals surface area contributed by atoms with Gasteiger partial charge in [0, 0.05) is 11.6 Å². The molecule has 3 aromatic rings. The van der Waals surface area contributed by atoms with Crippen LogP contribution in [0.3, 0.4) is 0 Å². The van der Waals surface area contributed by atoms with Gasteiger partial charge in [0.15, 0.2) is 0 Å². The van der Waals surface area contributed by atoms with Gasteiger partial charge in [0.05, 0.1) is 30.8 Å². The maximum atomic E-state index is 11.0. The predicted octanol–water partition coefficient (Wildman–Crippen LogP) is 4.11. The van der Waals surface area contributed by atoms with Crippen molar-refractivity contribution < 1.29 is 19.1 Å². The fraction of sp³-hybridized carbons (Fsp3) is 0.105. The molecule has 0 saturated heterocycles. The molecule has 25 heavy (non-hydrogen) atoms. The Morgan fingerprint density at radius 3 is 2.72 bits per heavy atom. The van der Waals surface area contributed by atoms with Crippen molar-refractivity contribution in [2.75, 3.05) is 7.11 Å². The summed E-state index contributed by atoms with van der Waals surface area (Å²) in [5.74, 6) is 0.825. The van der Waals surface area contributed by atoms with Crippen molar-refractivity contribution in [2.24, 2.45) is 4.99 Å². The number of methoxy groups -OCH3 is 1. The van der Waals surface area contributed by atoms with E-state index in [0.29, 0.717) is 23.1 Å². The van der Waals surface area contributed by atoms with E-state index in [-0.39, 0.29) is 5.56 Å². The SMILES string of the molecule is COc1ccc(N=Cc2ccc(-c3ccc(C(=O)O)cc3C)o2)cn1. The summed E-state index contributed by atoms with van der Waals surface area (Å²) in [4.78, 5) is 19.4. The van der Waals surface area contributed by atoms with Crippen LogP contribution in [0.4, 0.5) is 5.69 Å². The summed E-state index contributed by atoms with van der Waals surface area (Å²) in [5, 5.41) is 9.03. The number of carbonyl (C=O) groups is 1. The van der Waals surface area contributed by atoms with E-state index in [1.54, 1.807) is 55.9 Å². The fourth-order valence-corrected chi connectivity index (χ4v) is 2.35. The molecule has 6 nitrogen and oxygen atoms in total. The van der Waals surface area contributed by atoms with Gasteiger partial charge in [0.25, 0.3) is 0 Å². The quantitative estimate of drug-likeness (QED) is 0.709. The molecule has 0 amide bonds. The molecular weight excluding hydrogens is 320 g/mol. The third kappa shape index (κ3) is 3.74. The van der Waals surface area contributed by atoms with Crippen LogP contribution in [-0.4, -0.2) is 29.4 Å². The van der Waals surface area contributed by atoms with Gasteiger partial charge in [-0.1, -0.05) is 6.07 Å². The standard InChI is InChI=1S/C19H16N2O4/c1-12-9-13(19(22)23)3-6-16(12)17-7-5-15(25-17)11-20-14-4-8-18(24-2)21-10-14/h3-11H,1-2H3,(H,22,23). The maximum absolute atomic E-state index is 11.0. The van der Waals surface area contributed by atoms with Crippen molar-refractivity contribution in [1.29, 1.82) is 0 Å². The van der Waals surface area contributed by atoms with E-state index in [0.717, 1.165) is 11.1 Å². The highest BCUT2D eigenvalue weighted by atomic mass is 16.5. The van der Waals surface area contributed by atoms with Crippen LogP contribution in [0, 0.1) is 6.92 Å². The van der Waals surface area contributed by atoms with Crippen LogP contribution in [0.5, 0.6) is 5.88 Å². The molecule has 0 aliphatic carbocycles. The van der Waals surface area contributed by atoms with Crippen molar-refractivity contribution in [1.82, 2.24) is 4.98 Å². The van der Waals surface area contributed by atoms with Crippen molar-refractivity contribution in [3.63, 3.8) is 0 Å². The number of pyridine rings is 1. The minimum absolute atomic E-state index is 0.251. The molecule has 126 valence electrons. The summed E-state index contributed by atoms with van der Waals surface area (Å²) >= 11 is 0. The summed E-state index contributed by atoms with van der Waals surface area (Å²) in [5.41, 5.74) is 2.61. The number of nitrogens with zero attached hydrogens (tertiary/aromatic N) is 2. The number of aryl methyl sites for hydroxylation is 1. The number of aromatic nitrogens is 1. The van der Waals surface area contributed by atoms with E-state index < -0.39 is 5.97 Å². The highest BCUT2D eigenvalue weighted by Crippen LogP contribution is 2.26. The first-order chi connectivity index (χ1) is 12.1. The van der Waals surface area contributed by atoms with Gasteiger partial charge in [-0.05, 0) is 42.8 Å². The smallest absolute Gasteiger partial charge is 0.335 e. The van der Waals surface area contributed by atoms with Crippen molar-refractivity contribution in [3.8, 4) is 17.2 Å². The highest BCUT2D eigenvalue weighted by molar-refractivity contribution is 5.89. The molecular formula is C19H16N2O4. The monoisotopic (exact) mass is 336 g/mol. The Labute approximate surface area is 144 Å². The molecule has 1 aromatic carbocycles. The van der Waals surface area contributed by atoms with Gasteiger partial charge in [-0.2, -0.15) is 0 Å². The lowest BCUT2D eigenvalue weighted by molar-refractivity contribution is 0.0697. The number of hydrogen-bond acceptors (Lipinski definition) is 5. The fourth-order valence-electron chi connectivity index (χ4n) is 2.35. The lowest BCUT2D eigenvalue weighted by atomic mass is 10.0. The van der Waals surface area contributed by atoms with E-state index in [1.165, 1.54) is 0 Å². The molecule has 0 radical (unpaired) electrons. The number of aromatic carboxylic acids is 1. The summed E-state index contributed by atoms with van der Waals surface area (Å²) in [6.45, 7) is 1.85. The molecule has 0 aliphatic heterocycles. The normalized spacial score (nSPS) is 11.0. The Bertz CT molecular complexity index is 927. The molecule has 1 N–H and O–H groups in total. The average Bonchev–Trinajstić information content (AvgIpc) is 3.09. The van der Waals surface area contributed by atoms with Crippen molar-refractivity contribution in [2.45, 2.75) is 6.92 Å². The Kier molecular flexibility index (Phi) is 4.61. The molecule has 2 heterocycles. The second kappa shape index (κ2) is 7.00.